The van der Waals surface area contributed by atoms with Crippen LogP contribution in [0.3, 0.4) is 0 Å². The predicted molar refractivity (Wildman–Crippen MR) is 94.8 cm³/mol. The fraction of sp³-hybridized carbons (Fsp3) is 0.278. The van der Waals surface area contributed by atoms with Crippen LogP contribution in [0.2, 0.25) is 0 Å². The van der Waals surface area contributed by atoms with Crippen LogP contribution < -0.4 is 0 Å². The highest BCUT2D eigenvalue weighted by Gasteiger charge is 2.35. The summed E-state index contributed by atoms with van der Waals surface area (Å²) in [5.74, 6) is 1.32. The van der Waals surface area contributed by atoms with Crippen molar-refractivity contribution < 1.29 is 9.21 Å². The number of carbonyl (C=O) groups excluding carboxylic acids is 1. The Labute approximate surface area is 149 Å². The van der Waals surface area contributed by atoms with E-state index in [1.165, 1.54) is 11.1 Å². The van der Waals surface area contributed by atoms with Gasteiger partial charge in [-0.15, -0.1) is 16.9 Å². The van der Waals surface area contributed by atoms with E-state index in [0.717, 1.165) is 11.5 Å². The lowest BCUT2D eigenvalue weighted by atomic mass is 10.1. The van der Waals surface area contributed by atoms with Crippen molar-refractivity contribution in [2.24, 2.45) is 0 Å². The molecule has 0 spiro atoms. The summed E-state index contributed by atoms with van der Waals surface area (Å²) in [4.78, 5) is 14.0. The fourth-order valence-corrected chi connectivity index (χ4v) is 3.94. The number of hydrogen-bond acceptors (Lipinski definition) is 5. The monoisotopic (exact) mass is 354 g/mol. The van der Waals surface area contributed by atoms with E-state index in [-0.39, 0.29) is 11.3 Å². The highest BCUT2D eigenvalue weighted by Crippen LogP contribution is 2.38. The number of aryl methyl sites for hydroxylation is 1. The molecule has 1 aliphatic rings. The van der Waals surface area contributed by atoms with Crippen molar-refractivity contribution in [2.45, 2.75) is 25.4 Å². The zero-order chi connectivity index (χ0) is 17.2. The molecule has 7 heteroatoms. The van der Waals surface area contributed by atoms with Crippen LogP contribution in [0.25, 0.3) is 0 Å². The van der Waals surface area contributed by atoms with Crippen molar-refractivity contribution in [1.82, 2.24) is 19.9 Å². The average molecular weight is 354 g/mol. The summed E-state index contributed by atoms with van der Waals surface area (Å²) in [5, 5.41) is 8.40. The summed E-state index contributed by atoms with van der Waals surface area (Å²) in [6.07, 6.45) is 3.54. The molecule has 0 N–H and O–H groups in total. The van der Waals surface area contributed by atoms with Gasteiger partial charge in [-0.05, 0) is 24.6 Å². The van der Waals surface area contributed by atoms with Crippen molar-refractivity contribution in [3.63, 3.8) is 0 Å². The first kappa shape index (κ1) is 16.0. The zero-order valence-electron chi connectivity index (χ0n) is 13.8. The summed E-state index contributed by atoms with van der Waals surface area (Å²) < 4.78 is 7.19. The van der Waals surface area contributed by atoms with Crippen molar-refractivity contribution in [3.8, 4) is 0 Å². The second kappa shape index (κ2) is 6.76. The molecule has 1 aromatic carbocycles. The molecule has 0 unspecified atom stereocenters. The first-order chi connectivity index (χ1) is 12.2. The predicted octanol–water partition coefficient (Wildman–Crippen LogP) is 3.00. The number of aromatic nitrogens is 3. The number of thioether (sulfide) groups is 1. The Balaban J connectivity index is 1.50. The van der Waals surface area contributed by atoms with Gasteiger partial charge in [0.15, 0.2) is 0 Å². The minimum Gasteiger partial charge on any atom is -0.467 e. The molecule has 128 valence electrons. The number of benzene rings is 1. The minimum atomic E-state index is -0.121. The second-order valence-corrected chi connectivity index (χ2v) is 7.16. The zero-order valence-corrected chi connectivity index (χ0v) is 14.6. The van der Waals surface area contributed by atoms with Crippen molar-refractivity contribution in [2.75, 3.05) is 5.75 Å². The lowest BCUT2D eigenvalue weighted by molar-refractivity contribution is -0.128. The second-order valence-electron chi connectivity index (χ2n) is 6.09. The normalized spacial score (nSPS) is 17.4. The Bertz CT molecular complexity index is 858. The van der Waals surface area contributed by atoms with Crippen molar-refractivity contribution in [3.05, 3.63) is 71.4 Å². The molecular formula is C18H18N4O2S. The summed E-state index contributed by atoms with van der Waals surface area (Å²) >= 11 is 1.57. The molecule has 1 aliphatic heterocycles. The van der Waals surface area contributed by atoms with Gasteiger partial charge in [-0.25, -0.2) is 4.68 Å². The first-order valence-electron chi connectivity index (χ1n) is 8.08. The molecule has 1 saturated heterocycles. The number of nitrogens with zero attached hydrogens (tertiary/aromatic N) is 4. The van der Waals surface area contributed by atoms with Crippen molar-refractivity contribution >= 4 is 17.7 Å². The van der Waals surface area contributed by atoms with Gasteiger partial charge in [-0.3, -0.25) is 4.79 Å². The van der Waals surface area contributed by atoms with Gasteiger partial charge in [0.1, 0.15) is 16.8 Å². The molecule has 3 aromatic rings. The summed E-state index contributed by atoms with van der Waals surface area (Å²) in [6, 6.07) is 12.1. The highest BCUT2D eigenvalue weighted by atomic mass is 32.2. The number of rotatable bonds is 5. The molecule has 1 amide bonds. The molecule has 1 fully saturated rings. The Kier molecular flexibility index (Phi) is 4.31. The molecule has 4 rings (SSSR count). The van der Waals surface area contributed by atoms with Crippen LogP contribution >= 0.6 is 11.8 Å². The van der Waals surface area contributed by atoms with E-state index in [2.05, 4.69) is 41.5 Å². The van der Waals surface area contributed by atoms with Gasteiger partial charge < -0.3 is 9.32 Å². The van der Waals surface area contributed by atoms with Crippen LogP contribution in [-0.4, -0.2) is 31.6 Å². The molecule has 2 aromatic heterocycles. The van der Waals surface area contributed by atoms with Crippen LogP contribution in [-0.2, 0) is 17.9 Å². The van der Waals surface area contributed by atoms with Crippen LogP contribution in [0.4, 0.5) is 0 Å². The van der Waals surface area contributed by atoms with E-state index in [1.54, 1.807) is 22.9 Å². The highest BCUT2D eigenvalue weighted by molar-refractivity contribution is 8.00. The Morgan fingerprint density at radius 2 is 2.08 bits per heavy atom. The fourth-order valence-electron chi connectivity index (χ4n) is 2.82. The largest absolute Gasteiger partial charge is 0.467 e. The van der Waals surface area contributed by atoms with E-state index in [0.29, 0.717) is 18.8 Å². The Morgan fingerprint density at radius 3 is 2.84 bits per heavy atom. The van der Waals surface area contributed by atoms with E-state index in [4.69, 9.17) is 4.42 Å². The third kappa shape index (κ3) is 3.46. The van der Waals surface area contributed by atoms with Crippen LogP contribution in [0, 0.1) is 6.92 Å². The van der Waals surface area contributed by atoms with E-state index >= 15 is 0 Å². The molecule has 0 bridgehead atoms. The Morgan fingerprint density at radius 1 is 1.24 bits per heavy atom. The SMILES string of the molecule is Cc1ccc(Cn2cc([C@H]3SCC(=O)N3Cc3ccco3)nn2)cc1. The maximum Gasteiger partial charge on any atom is 0.234 e. The standard InChI is InChI=1S/C18H18N4O2S/c1-13-4-6-14(7-5-13)9-21-11-16(19-20-21)18-22(17(23)12-25-18)10-15-3-2-8-24-15/h2-8,11,18H,9-10,12H2,1H3/t18-/m1/s1. The summed E-state index contributed by atoms with van der Waals surface area (Å²) in [7, 11) is 0. The summed E-state index contributed by atoms with van der Waals surface area (Å²) in [6.45, 7) is 3.18. The molecule has 3 heterocycles. The van der Waals surface area contributed by atoms with E-state index in [1.807, 2.05) is 23.0 Å². The molecular weight excluding hydrogens is 336 g/mol. The minimum absolute atomic E-state index is 0.0967. The lowest BCUT2D eigenvalue weighted by Gasteiger charge is -2.20. The van der Waals surface area contributed by atoms with Gasteiger partial charge in [0.2, 0.25) is 5.91 Å². The maximum absolute atomic E-state index is 12.2. The molecule has 1 atom stereocenters. The van der Waals surface area contributed by atoms with Gasteiger partial charge in [-0.2, -0.15) is 0 Å². The summed E-state index contributed by atoms with van der Waals surface area (Å²) in [5.41, 5.74) is 3.21. The van der Waals surface area contributed by atoms with Gasteiger partial charge in [0, 0.05) is 0 Å². The quantitative estimate of drug-likeness (QED) is 0.705. The topological polar surface area (TPSA) is 64.2 Å². The van der Waals surface area contributed by atoms with Crippen molar-refractivity contribution in [1.29, 1.82) is 0 Å². The number of furan rings is 1. The van der Waals surface area contributed by atoms with Gasteiger partial charge in [0.25, 0.3) is 0 Å². The van der Waals surface area contributed by atoms with Gasteiger partial charge in [-0.1, -0.05) is 35.0 Å². The van der Waals surface area contributed by atoms with Crippen LogP contribution in [0.1, 0.15) is 28.0 Å². The van der Waals surface area contributed by atoms with Gasteiger partial charge in [0.05, 0.1) is 31.3 Å². The number of hydrogen-bond donors (Lipinski definition) is 0. The molecule has 0 radical (unpaired) electrons. The maximum atomic E-state index is 12.2. The molecule has 6 nitrogen and oxygen atoms in total. The average Bonchev–Trinajstić information content (AvgIpc) is 3.34. The van der Waals surface area contributed by atoms with Gasteiger partial charge >= 0.3 is 0 Å². The van der Waals surface area contributed by atoms with E-state index < -0.39 is 0 Å². The molecule has 25 heavy (non-hydrogen) atoms. The Hall–Kier alpha value is -2.54. The number of carbonyl (C=O) groups is 1. The third-order valence-electron chi connectivity index (χ3n) is 4.15. The van der Waals surface area contributed by atoms with E-state index in [9.17, 15) is 4.79 Å². The first-order valence-corrected chi connectivity index (χ1v) is 9.13. The third-order valence-corrected chi connectivity index (χ3v) is 5.37. The lowest BCUT2D eigenvalue weighted by Crippen LogP contribution is -2.27. The molecule has 0 saturated carbocycles. The molecule has 0 aliphatic carbocycles. The van der Waals surface area contributed by atoms with Crippen LogP contribution in [0.5, 0.6) is 0 Å². The number of amides is 1. The van der Waals surface area contributed by atoms with Crippen LogP contribution in [0.15, 0.2) is 53.3 Å². The smallest absolute Gasteiger partial charge is 0.234 e.